The van der Waals surface area contributed by atoms with Gasteiger partial charge in [0.1, 0.15) is 19.0 Å². The summed E-state index contributed by atoms with van der Waals surface area (Å²) in [6.07, 6.45) is 0.881. The van der Waals surface area contributed by atoms with Gasteiger partial charge in [0.25, 0.3) is 0 Å². The van der Waals surface area contributed by atoms with Crippen LogP contribution in [0.15, 0.2) is 6.07 Å². The van der Waals surface area contributed by atoms with E-state index in [9.17, 15) is 0 Å². The molecule has 0 radical (unpaired) electrons. The fourth-order valence-electron chi connectivity index (χ4n) is 1.55. The zero-order valence-corrected chi connectivity index (χ0v) is 13.1. The number of aromatic nitrogens is 2. The first-order valence-corrected chi connectivity index (χ1v) is 7.13. The van der Waals surface area contributed by atoms with E-state index in [1.54, 1.807) is 20.2 Å². The third-order valence-electron chi connectivity index (χ3n) is 2.56. The van der Waals surface area contributed by atoms with Crippen LogP contribution in [0, 0.1) is 0 Å². The van der Waals surface area contributed by atoms with Crippen LogP contribution < -0.4 is 10.1 Å². The second-order valence-electron chi connectivity index (χ2n) is 4.20. The largest absolute Gasteiger partial charge is 0.475 e. The maximum absolute atomic E-state index is 5.57. The standard InChI is InChI=1S/C14H25N3O4/c1-4-19-11-13-16-12(15-2)10-14(17-13)21-9-8-20-7-5-6-18-3/h10H,4-9,11H2,1-3H3,(H,15,16,17). The van der Waals surface area contributed by atoms with E-state index in [1.807, 2.05) is 6.92 Å². The van der Waals surface area contributed by atoms with Crippen molar-refractivity contribution in [3.63, 3.8) is 0 Å². The van der Waals surface area contributed by atoms with Gasteiger partial charge in [-0.1, -0.05) is 0 Å². The number of ether oxygens (including phenoxy) is 4. The summed E-state index contributed by atoms with van der Waals surface area (Å²) in [6, 6.07) is 1.75. The van der Waals surface area contributed by atoms with Crippen LogP contribution in [0.5, 0.6) is 5.88 Å². The van der Waals surface area contributed by atoms with Crippen molar-refractivity contribution in [2.45, 2.75) is 20.0 Å². The van der Waals surface area contributed by atoms with Gasteiger partial charge in [0, 0.05) is 40.0 Å². The molecule has 120 valence electrons. The van der Waals surface area contributed by atoms with Gasteiger partial charge in [0.05, 0.1) is 6.61 Å². The number of anilines is 1. The van der Waals surface area contributed by atoms with E-state index in [2.05, 4.69) is 15.3 Å². The molecule has 0 amide bonds. The summed E-state index contributed by atoms with van der Waals surface area (Å²) in [5.41, 5.74) is 0. The summed E-state index contributed by atoms with van der Waals surface area (Å²) in [6.45, 7) is 5.26. The molecule has 1 rings (SSSR count). The summed E-state index contributed by atoms with van der Waals surface area (Å²) >= 11 is 0. The highest BCUT2D eigenvalue weighted by atomic mass is 16.5. The molecule has 0 unspecified atom stereocenters. The molecule has 1 N–H and O–H groups in total. The highest BCUT2D eigenvalue weighted by Gasteiger charge is 2.05. The first-order valence-electron chi connectivity index (χ1n) is 7.13. The molecule has 0 fully saturated rings. The third kappa shape index (κ3) is 7.79. The monoisotopic (exact) mass is 299 g/mol. The number of methoxy groups -OCH3 is 1. The minimum atomic E-state index is 0.371. The minimum Gasteiger partial charge on any atom is -0.475 e. The van der Waals surface area contributed by atoms with Gasteiger partial charge < -0.3 is 24.3 Å². The van der Waals surface area contributed by atoms with E-state index in [1.165, 1.54) is 0 Å². The summed E-state index contributed by atoms with van der Waals surface area (Å²) in [5.74, 6) is 1.82. The Labute approximate surface area is 126 Å². The third-order valence-corrected chi connectivity index (χ3v) is 2.56. The average molecular weight is 299 g/mol. The van der Waals surface area contributed by atoms with Crippen LogP contribution in [0.1, 0.15) is 19.2 Å². The molecule has 1 aromatic heterocycles. The van der Waals surface area contributed by atoms with Gasteiger partial charge in [0.2, 0.25) is 5.88 Å². The molecule has 1 heterocycles. The molecule has 0 aliphatic carbocycles. The first kappa shape index (κ1) is 17.6. The zero-order valence-electron chi connectivity index (χ0n) is 13.1. The Hall–Kier alpha value is -1.44. The van der Waals surface area contributed by atoms with Crippen LogP contribution >= 0.6 is 0 Å². The van der Waals surface area contributed by atoms with E-state index in [0.717, 1.165) is 6.42 Å². The van der Waals surface area contributed by atoms with Crippen molar-refractivity contribution in [3.8, 4) is 5.88 Å². The molecule has 0 bridgehead atoms. The second kappa shape index (κ2) is 11.2. The van der Waals surface area contributed by atoms with Crippen molar-refractivity contribution in [3.05, 3.63) is 11.9 Å². The van der Waals surface area contributed by atoms with E-state index in [0.29, 0.717) is 57.2 Å². The highest BCUT2D eigenvalue weighted by molar-refractivity contribution is 5.37. The van der Waals surface area contributed by atoms with Gasteiger partial charge in [-0.25, -0.2) is 4.98 Å². The molecule has 0 aliphatic rings. The Balaban J connectivity index is 2.35. The van der Waals surface area contributed by atoms with E-state index in [-0.39, 0.29) is 0 Å². The van der Waals surface area contributed by atoms with Crippen LogP contribution in [-0.2, 0) is 20.8 Å². The quantitative estimate of drug-likeness (QED) is 0.586. The van der Waals surface area contributed by atoms with Crippen LogP contribution in [0.4, 0.5) is 5.82 Å². The topological polar surface area (TPSA) is 74.7 Å². The normalized spacial score (nSPS) is 10.6. The lowest BCUT2D eigenvalue weighted by molar-refractivity contribution is 0.0791. The van der Waals surface area contributed by atoms with Gasteiger partial charge in [0.15, 0.2) is 5.82 Å². The number of rotatable bonds is 12. The van der Waals surface area contributed by atoms with Crippen molar-refractivity contribution in [2.24, 2.45) is 0 Å². The summed E-state index contributed by atoms with van der Waals surface area (Å²) in [4.78, 5) is 8.59. The van der Waals surface area contributed by atoms with Gasteiger partial charge in [-0.3, -0.25) is 0 Å². The molecule has 0 aromatic carbocycles. The van der Waals surface area contributed by atoms with Gasteiger partial charge in [-0.05, 0) is 13.3 Å². The van der Waals surface area contributed by atoms with Gasteiger partial charge in [-0.15, -0.1) is 0 Å². The van der Waals surface area contributed by atoms with Gasteiger partial charge >= 0.3 is 0 Å². The Kier molecular flexibility index (Phi) is 9.43. The summed E-state index contributed by atoms with van der Waals surface area (Å²) in [5, 5.41) is 2.98. The SMILES string of the molecule is CCOCc1nc(NC)cc(OCCOCCCOC)n1. The molecule has 0 aliphatic heterocycles. The lowest BCUT2D eigenvalue weighted by Gasteiger charge is -2.09. The molecule has 0 saturated carbocycles. The summed E-state index contributed by atoms with van der Waals surface area (Å²) < 4.78 is 21.2. The van der Waals surface area contributed by atoms with Crippen molar-refractivity contribution >= 4 is 5.82 Å². The predicted octanol–water partition coefficient (Wildman–Crippen LogP) is 1.49. The molecule has 1 aromatic rings. The van der Waals surface area contributed by atoms with Crippen molar-refractivity contribution in [2.75, 3.05) is 52.5 Å². The van der Waals surface area contributed by atoms with E-state index >= 15 is 0 Å². The lowest BCUT2D eigenvalue weighted by atomic mass is 10.5. The fraction of sp³-hybridized carbons (Fsp3) is 0.714. The Morgan fingerprint density at radius 2 is 1.95 bits per heavy atom. The Morgan fingerprint density at radius 3 is 2.67 bits per heavy atom. The van der Waals surface area contributed by atoms with Crippen molar-refractivity contribution in [1.82, 2.24) is 9.97 Å². The van der Waals surface area contributed by atoms with Crippen LogP contribution in [0.25, 0.3) is 0 Å². The number of hydrogen-bond donors (Lipinski definition) is 1. The second-order valence-corrected chi connectivity index (χ2v) is 4.20. The zero-order chi connectivity index (χ0) is 15.3. The van der Waals surface area contributed by atoms with Gasteiger partial charge in [-0.2, -0.15) is 4.98 Å². The molecular weight excluding hydrogens is 274 g/mol. The number of nitrogens with zero attached hydrogens (tertiary/aromatic N) is 2. The van der Waals surface area contributed by atoms with Crippen molar-refractivity contribution < 1.29 is 18.9 Å². The maximum Gasteiger partial charge on any atom is 0.218 e. The van der Waals surface area contributed by atoms with Crippen molar-refractivity contribution in [1.29, 1.82) is 0 Å². The predicted molar refractivity (Wildman–Crippen MR) is 79.7 cm³/mol. The number of nitrogens with one attached hydrogen (secondary N) is 1. The Morgan fingerprint density at radius 1 is 1.10 bits per heavy atom. The molecular formula is C14H25N3O4. The van der Waals surface area contributed by atoms with E-state index < -0.39 is 0 Å². The fourth-order valence-corrected chi connectivity index (χ4v) is 1.55. The average Bonchev–Trinajstić information content (AvgIpc) is 2.51. The van der Waals surface area contributed by atoms with Crippen LogP contribution in [0.3, 0.4) is 0 Å². The molecule has 0 spiro atoms. The maximum atomic E-state index is 5.57. The molecule has 7 nitrogen and oxygen atoms in total. The van der Waals surface area contributed by atoms with E-state index in [4.69, 9.17) is 18.9 Å². The van der Waals surface area contributed by atoms with Crippen LogP contribution in [-0.4, -0.2) is 57.2 Å². The highest BCUT2D eigenvalue weighted by Crippen LogP contribution is 2.13. The first-order chi connectivity index (χ1) is 10.3. The molecule has 7 heteroatoms. The smallest absolute Gasteiger partial charge is 0.218 e. The minimum absolute atomic E-state index is 0.371. The Bertz CT molecular complexity index is 390. The molecule has 21 heavy (non-hydrogen) atoms. The number of hydrogen-bond acceptors (Lipinski definition) is 7. The summed E-state index contributed by atoms with van der Waals surface area (Å²) in [7, 11) is 3.48. The lowest BCUT2D eigenvalue weighted by Crippen LogP contribution is -2.11. The molecule has 0 atom stereocenters. The van der Waals surface area contributed by atoms with Crippen LogP contribution in [0.2, 0.25) is 0 Å². The molecule has 0 saturated heterocycles.